The molecular weight excluding hydrogens is 207 g/mol. The maximum atomic E-state index is 12.9. The maximum absolute atomic E-state index is 12.9. The Morgan fingerprint density at radius 2 is 2.31 bits per heavy atom. The minimum absolute atomic E-state index is 0.341. The standard InChI is InChI=1S/C12H15FN2O/c1-9(16)4-5-15-8-11-6-12(13)3-2-10(11)7-14/h2-3,6,9,15-16H,4-5,8H2,1H3. The molecule has 3 nitrogen and oxygen atoms in total. The van der Waals surface area contributed by atoms with E-state index in [0.29, 0.717) is 30.6 Å². The lowest BCUT2D eigenvalue weighted by Crippen LogP contribution is -2.19. The fourth-order valence-corrected chi connectivity index (χ4v) is 1.35. The Bertz CT molecular complexity index is 385. The number of rotatable bonds is 5. The lowest BCUT2D eigenvalue weighted by molar-refractivity contribution is 0.183. The van der Waals surface area contributed by atoms with E-state index in [1.807, 2.05) is 6.07 Å². The first-order chi connectivity index (χ1) is 7.63. The molecular formula is C12H15FN2O. The summed E-state index contributed by atoms with van der Waals surface area (Å²) >= 11 is 0. The number of benzene rings is 1. The van der Waals surface area contributed by atoms with Crippen molar-refractivity contribution < 1.29 is 9.50 Å². The molecule has 4 heteroatoms. The van der Waals surface area contributed by atoms with Gasteiger partial charge in [-0.2, -0.15) is 5.26 Å². The van der Waals surface area contributed by atoms with E-state index in [2.05, 4.69) is 5.32 Å². The van der Waals surface area contributed by atoms with Gasteiger partial charge < -0.3 is 10.4 Å². The van der Waals surface area contributed by atoms with Crippen LogP contribution in [0.15, 0.2) is 18.2 Å². The van der Waals surface area contributed by atoms with Crippen molar-refractivity contribution in [2.75, 3.05) is 6.54 Å². The Labute approximate surface area is 94.5 Å². The number of nitrogens with one attached hydrogen (secondary N) is 1. The summed E-state index contributed by atoms with van der Waals surface area (Å²) in [5.41, 5.74) is 1.12. The maximum Gasteiger partial charge on any atom is 0.123 e. The van der Waals surface area contributed by atoms with Crippen molar-refractivity contribution in [3.63, 3.8) is 0 Å². The molecule has 0 bridgehead atoms. The third-order valence-corrected chi connectivity index (χ3v) is 2.24. The number of aliphatic hydroxyl groups excluding tert-OH is 1. The highest BCUT2D eigenvalue weighted by Crippen LogP contribution is 2.10. The van der Waals surface area contributed by atoms with E-state index < -0.39 is 0 Å². The summed E-state index contributed by atoms with van der Waals surface area (Å²) in [5.74, 6) is -0.341. The van der Waals surface area contributed by atoms with Crippen LogP contribution >= 0.6 is 0 Å². The molecule has 86 valence electrons. The third kappa shape index (κ3) is 3.97. The number of halogens is 1. The zero-order valence-corrected chi connectivity index (χ0v) is 9.20. The van der Waals surface area contributed by atoms with Crippen LogP contribution in [0.3, 0.4) is 0 Å². The molecule has 2 N–H and O–H groups in total. The van der Waals surface area contributed by atoms with Gasteiger partial charge in [0.2, 0.25) is 0 Å². The Hall–Kier alpha value is -1.44. The summed E-state index contributed by atoms with van der Waals surface area (Å²) in [5, 5.41) is 20.9. The molecule has 16 heavy (non-hydrogen) atoms. The van der Waals surface area contributed by atoms with Gasteiger partial charge >= 0.3 is 0 Å². The van der Waals surface area contributed by atoms with E-state index in [1.54, 1.807) is 6.92 Å². The van der Waals surface area contributed by atoms with E-state index >= 15 is 0 Å². The lowest BCUT2D eigenvalue weighted by Gasteiger charge is -2.07. The zero-order chi connectivity index (χ0) is 12.0. The molecule has 1 atom stereocenters. The molecule has 0 aromatic heterocycles. The zero-order valence-electron chi connectivity index (χ0n) is 9.20. The minimum Gasteiger partial charge on any atom is -0.393 e. The predicted octanol–water partition coefficient (Wildman–Crippen LogP) is 1.56. The molecule has 1 rings (SSSR count). The summed E-state index contributed by atoms with van der Waals surface area (Å²) < 4.78 is 12.9. The van der Waals surface area contributed by atoms with Gasteiger partial charge in [-0.1, -0.05) is 0 Å². The summed E-state index contributed by atoms with van der Waals surface area (Å²) in [7, 11) is 0. The number of aliphatic hydroxyl groups is 1. The van der Waals surface area contributed by atoms with E-state index in [-0.39, 0.29) is 11.9 Å². The van der Waals surface area contributed by atoms with Crippen molar-refractivity contribution in [3.05, 3.63) is 35.1 Å². The molecule has 1 aromatic carbocycles. The van der Waals surface area contributed by atoms with Crippen LogP contribution in [0.5, 0.6) is 0 Å². The molecule has 1 aromatic rings. The second-order valence-electron chi connectivity index (χ2n) is 3.73. The van der Waals surface area contributed by atoms with Crippen LogP contribution in [-0.2, 0) is 6.54 Å². The smallest absolute Gasteiger partial charge is 0.123 e. The topological polar surface area (TPSA) is 56.0 Å². The van der Waals surface area contributed by atoms with Gasteiger partial charge in [0.25, 0.3) is 0 Å². The molecule has 0 aliphatic rings. The Balaban J connectivity index is 2.53. The second-order valence-corrected chi connectivity index (χ2v) is 3.73. The first-order valence-electron chi connectivity index (χ1n) is 5.21. The summed E-state index contributed by atoms with van der Waals surface area (Å²) in [4.78, 5) is 0. The highest BCUT2D eigenvalue weighted by Gasteiger charge is 2.03. The van der Waals surface area contributed by atoms with Crippen LogP contribution in [0.2, 0.25) is 0 Å². The van der Waals surface area contributed by atoms with Crippen LogP contribution in [-0.4, -0.2) is 17.8 Å². The summed E-state index contributed by atoms with van der Waals surface area (Å²) in [6.07, 6.45) is 0.285. The van der Waals surface area contributed by atoms with Crippen LogP contribution in [0.1, 0.15) is 24.5 Å². The van der Waals surface area contributed by atoms with Gasteiger partial charge in [0.05, 0.1) is 17.7 Å². The summed E-state index contributed by atoms with van der Waals surface area (Å²) in [6.45, 7) is 2.79. The second kappa shape index (κ2) is 6.21. The van der Waals surface area contributed by atoms with E-state index in [1.165, 1.54) is 18.2 Å². The fourth-order valence-electron chi connectivity index (χ4n) is 1.35. The van der Waals surface area contributed by atoms with E-state index in [4.69, 9.17) is 10.4 Å². The predicted molar refractivity (Wildman–Crippen MR) is 59.1 cm³/mol. The molecule has 0 aliphatic heterocycles. The normalized spacial score (nSPS) is 12.1. The van der Waals surface area contributed by atoms with Crippen LogP contribution in [0, 0.1) is 17.1 Å². The van der Waals surface area contributed by atoms with Gasteiger partial charge in [0.1, 0.15) is 5.82 Å². The average Bonchev–Trinajstić information content (AvgIpc) is 2.24. The van der Waals surface area contributed by atoms with Gasteiger partial charge in [0, 0.05) is 6.54 Å². The van der Waals surface area contributed by atoms with Crippen LogP contribution in [0.25, 0.3) is 0 Å². The van der Waals surface area contributed by atoms with Gasteiger partial charge in [-0.15, -0.1) is 0 Å². The quantitative estimate of drug-likeness (QED) is 0.743. The van der Waals surface area contributed by atoms with Crippen molar-refractivity contribution in [2.24, 2.45) is 0 Å². The minimum atomic E-state index is -0.351. The first kappa shape index (κ1) is 12.6. The van der Waals surface area contributed by atoms with Gasteiger partial charge in [-0.3, -0.25) is 0 Å². The average molecular weight is 222 g/mol. The number of hydrogen-bond acceptors (Lipinski definition) is 3. The van der Waals surface area contributed by atoms with Crippen LogP contribution < -0.4 is 5.32 Å². The van der Waals surface area contributed by atoms with E-state index in [9.17, 15) is 4.39 Å². The highest BCUT2D eigenvalue weighted by molar-refractivity contribution is 5.37. The lowest BCUT2D eigenvalue weighted by atomic mass is 10.1. The number of nitriles is 1. The molecule has 0 heterocycles. The first-order valence-corrected chi connectivity index (χ1v) is 5.21. The van der Waals surface area contributed by atoms with Crippen molar-refractivity contribution in [1.82, 2.24) is 5.32 Å². The summed E-state index contributed by atoms with van der Waals surface area (Å²) in [6, 6.07) is 6.12. The van der Waals surface area contributed by atoms with E-state index in [0.717, 1.165) is 0 Å². The Morgan fingerprint density at radius 3 is 2.94 bits per heavy atom. The molecule has 0 fully saturated rings. The fraction of sp³-hybridized carbons (Fsp3) is 0.417. The monoisotopic (exact) mass is 222 g/mol. The SMILES string of the molecule is CC(O)CCNCc1cc(F)ccc1C#N. The van der Waals surface area contributed by atoms with Crippen molar-refractivity contribution >= 4 is 0 Å². The van der Waals surface area contributed by atoms with Gasteiger partial charge in [0.15, 0.2) is 0 Å². The van der Waals surface area contributed by atoms with Crippen LogP contribution in [0.4, 0.5) is 4.39 Å². The van der Waals surface area contributed by atoms with Crippen molar-refractivity contribution in [3.8, 4) is 6.07 Å². The molecule has 0 aliphatic carbocycles. The van der Waals surface area contributed by atoms with Gasteiger partial charge in [-0.05, 0) is 43.7 Å². The van der Waals surface area contributed by atoms with Crippen molar-refractivity contribution in [1.29, 1.82) is 5.26 Å². The molecule has 0 amide bonds. The third-order valence-electron chi connectivity index (χ3n) is 2.24. The number of hydrogen-bond donors (Lipinski definition) is 2. The molecule has 1 unspecified atom stereocenters. The molecule has 0 spiro atoms. The van der Waals surface area contributed by atoms with Crippen molar-refractivity contribution in [2.45, 2.75) is 26.0 Å². The number of nitrogens with zero attached hydrogens (tertiary/aromatic N) is 1. The molecule has 0 saturated heterocycles. The van der Waals surface area contributed by atoms with Gasteiger partial charge in [-0.25, -0.2) is 4.39 Å². The molecule has 0 saturated carbocycles. The molecule has 0 radical (unpaired) electrons. The largest absolute Gasteiger partial charge is 0.393 e. The Morgan fingerprint density at radius 1 is 1.56 bits per heavy atom. The highest BCUT2D eigenvalue weighted by atomic mass is 19.1. The Kier molecular flexibility index (Phi) is 4.90.